The van der Waals surface area contributed by atoms with Gasteiger partial charge < -0.3 is 0 Å². The Morgan fingerprint density at radius 2 is 2.27 bits per heavy atom. The predicted octanol–water partition coefficient (Wildman–Crippen LogP) is 0.668. The van der Waals surface area contributed by atoms with Crippen LogP contribution in [0.3, 0.4) is 0 Å². The second kappa shape index (κ2) is 2.96. The van der Waals surface area contributed by atoms with E-state index in [-0.39, 0.29) is 0 Å². The van der Waals surface area contributed by atoms with E-state index in [1.54, 1.807) is 7.05 Å². The van der Waals surface area contributed by atoms with E-state index in [9.17, 15) is 4.21 Å². The molecule has 0 saturated heterocycles. The van der Waals surface area contributed by atoms with E-state index in [1.807, 2.05) is 0 Å². The summed E-state index contributed by atoms with van der Waals surface area (Å²) in [7, 11) is 0.712. The van der Waals surface area contributed by atoms with Crippen LogP contribution in [0.2, 0.25) is 0 Å². The quantitative estimate of drug-likeness (QED) is 0.528. The van der Waals surface area contributed by atoms with Crippen LogP contribution in [-0.2, 0) is 9.73 Å². The van der Waals surface area contributed by atoms with Gasteiger partial charge in [0.25, 0.3) is 0 Å². The van der Waals surface area contributed by atoms with Crippen molar-refractivity contribution in [1.82, 2.24) is 0 Å². The molecular formula is C6H9N3OS. The first-order valence-electron chi connectivity index (χ1n) is 3.05. The smallest absolute Gasteiger partial charge is 0.152 e. The van der Waals surface area contributed by atoms with Gasteiger partial charge in [-0.1, -0.05) is 0 Å². The lowest BCUT2D eigenvalue weighted by Crippen LogP contribution is -2.15. The lowest BCUT2D eigenvalue weighted by molar-refractivity contribution is 0.689. The van der Waals surface area contributed by atoms with Crippen molar-refractivity contribution < 1.29 is 4.21 Å². The Kier molecular flexibility index (Phi) is 2.19. The van der Waals surface area contributed by atoms with Gasteiger partial charge in [0, 0.05) is 25.7 Å². The van der Waals surface area contributed by atoms with Crippen molar-refractivity contribution in [3.63, 3.8) is 0 Å². The fraction of sp³-hybridized carbons (Fsp3) is 0.333. The molecule has 0 saturated carbocycles. The number of rotatable bonds is 0. The number of hydrogen-bond acceptors (Lipinski definition) is 4. The summed E-state index contributed by atoms with van der Waals surface area (Å²) in [4.78, 5) is 7.62. The van der Waals surface area contributed by atoms with E-state index < -0.39 is 9.73 Å². The molecule has 1 rings (SSSR count). The SMILES string of the molecule is CN=C1C=NC=CS1(=O)=NC. The molecule has 1 aliphatic heterocycles. The summed E-state index contributed by atoms with van der Waals surface area (Å²) in [5.41, 5.74) is 0. The molecule has 0 radical (unpaired) electrons. The lowest BCUT2D eigenvalue weighted by Gasteiger charge is -2.04. The second-order valence-corrected chi connectivity index (χ2v) is 4.07. The zero-order valence-corrected chi connectivity index (χ0v) is 7.21. The van der Waals surface area contributed by atoms with Crippen LogP contribution in [0.15, 0.2) is 26.0 Å². The number of hydrogen-bond donors (Lipinski definition) is 0. The third-order valence-electron chi connectivity index (χ3n) is 1.31. The minimum absolute atomic E-state index is 0.433. The Balaban J connectivity index is 3.30. The van der Waals surface area contributed by atoms with Crippen LogP contribution < -0.4 is 0 Å². The fourth-order valence-corrected chi connectivity index (χ4v) is 1.87. The van der Waals surface area contributed by atoms with Crippen molar-refractivity contribution in [3.8, 4) is 0 Å². The largest absolute Gasteiger partial charge is 0.277 e. The van der Waals surface area contributed by atoms with Gasteiger partial charge in [0.2, 0.25) is 0 Å². The summed E-state index contributed by atoms with van der Waals surface area (Å²) in [6, 6.07) is 0. The molecule has 1 heterocycles. The Bertz CT molecular complexity index is 345. The van der Waals surface area contributed by atoms with Crippen molar-refractivity contribution in [2.75, 3.05) is 14.1 Å². The van der Waals surface area contributed by atoms with E-state index in [4.69, 9.17) is 0 Å². The van der Waals surface area contributed by atoms with Crippen molar-refractivity contribution in [1.29, 1.82) is 0 Å². The average molecular weight is 171 g/mol. The summed E-state index contributed by atoms with van der Waals surface area (Å²) in [5, 5.41) is 1.90. The zero-order valence-electron chi connectivity index (χ0n) is 6.39. The standard InChI is InChI=1S/C6H9N3OS/c1-7-6-5-9-3-4-11(6,10)8-2/h3-5H,1-2H3. The summed E-state index contributed by atoms with van der Waals surface area (Å²) in [6.45, 7) is 0. The van der Waals surface area contributed by atoms with Crippen LogP contribution in [0.25, 0.3) is 0 Å². The van der Waals surface area contributed by atoms with Crippen molar-refractivity contribution in [2.24, 2.45) is 14.3 Å². The Hall–Kier alpha value is -0.970. The van der Waals surface area contributed by atoms with E-state index in [0.29, 0.717) is 5.04 Å². The summed E-state index contributed by atoms with van der Waals surface area (Å²) in [6.07, 6.45) is 2.94. The molecule has 0 N–H and O–H groups in total. The third kappa shape index (κ3) is 1.37. The highest BCUT2D eigenvalue weighted by molar-refractivity contribution is 8.12. The van der Waals surface area contributed by atoms with Crippen LogP contribution in [0, 0.1) is 0 Å². The molecule has 0 fully saturated rings. The fourth-order valence-electron chi connectivity index (χ4n) is 0.713. The highest BCUT2D eigenvalue weighted by atomic mass is 32.2. The first kappa shape index (κ1) is 8.13. The van der Waals surface area contributed by atoms with Gasteiger partial charge in [-0.3, -0.25) is 9.98 Å². The normalized spacial score (nSPS) is 32.7. The number of aliphatic imine (C=N–C) groups is 2. The van der Waals surface area contributed by atoms with Crippen molar-refractivity contribution in [2.45, 2.75) is 0 Å². The molecule has 5 heteroatoms. The molecule has 1 atom stereocenters. The monoisotopic (exact) mass is 171 g/mol. The maximum absolute atomic E-state index is 11.7. The minimum atomic E-state index is -2.37. The van der Waals surface area contributed by atoms with E-state index in [0.717, 1.165) is 0 Å². The molecule has 60 valence electrons. The summed E-state index contributed by atoms with van der Waals surface area (Å²) >= 11 is 0. The molecule has 0 spiro atoms. The van der Waals surface area contributed by atoms with Crippen molar-refractivity contribution >= 4 is 21.0 Å². The van der Waals surface area contributed by atoms with E-state index in [1.165, 1.54) is 24.9 Å². The van der Waals surface area contributed by atoms with Crippen LogP contribution in [0.1, 0.15) is 0 Å². The van der Waals surface area contributed by atoms with Crippen LogP contribution in [0.5, 0.6) is 0 Å². The Morgan fingerprint density at radius 3 is 2.73 bits per heavy atom. The van der Waals surface area contributed by atoms with E-state index >= 15 is 0 Å². The first-order chi connectivity index (χ1) is 5.23. The first-order valence-corrected chi connectivity index (χ1v) is 4.62. The van der Waals surface area contributed by atoms with E-state index in [2.05, 4.69) is 14.3 Å². The maximum Gasteiger partial charge on any atom is 0.152 e. The Morgan fingerprint density at radius 1 is 1.55 bits per heavy atom. The highest BCUT2D eigenvalue weighted by Gasteiger charge is 2.12. The molecule has 4 nitrogen and oxygen atoms in total. The maximum atomic E-state index is 11.7. The van der Waals surface area contributed by atoms with Crippen molar-refractivity contribution in [3.05, 3.63) is 11.6 Å². The molecule has 0 aromatic carbocycles. The van der Waals surface area contributed by atoms with Gasteiger partial charge in [0.1, 0.15) is 9.73 Å². The molecule has 0 amide bonds. The van der Waals surface area contributed by atoms with Crippen LogP contribution in [0.4, 0.5) is 0 Å². The minimum Gasteiger partial charge on any atom is -0.277 e. The molecule has 11 heavy (non-hydrogen) atoms. The van der Waals surface area contributed by atoms with Gasteiger partial charge in [-0.05, 0) is 0 Å². The molecule has 1 unspecified atom stereocenters. The third-order valence-corrected chi connectivity index (χ3v) is 3.23. The molecule has 1 aliphatic rings. The molecular weight excluding hydrogens is 162 g/mol. The van der Waals surface area contributed by atoms with Gasteiger partial charge in [0.15, 0.2) is 5.04 Å². The molecule has 0 aromatic heterocycles. The Labute approximate surface area is 65.9 Å². The molecule has 0 aliphatic carbocycles. The molecule has 0 bridgehead atoms. The van der Waals surface area contributed by atoms with Gasteiger partial charge in [-0.2, -0.15) is 0 Å². The summed E-state index contributed by atoms with van der Waals surface area (Å²) in [5.74, 6) is 0. The predicted molar refractivity (Wildman–Crippen MR) is 47.5 cm³/mol. The zero-order chi connectivity index (χ0) is 8.32. The topological polar surface area (TPSA) is 54.1 Å². The highest BCUT2D eigenvalue weighted by Crippen LogP contribution is 2.04. The van der Waals surface area contributed by atoms with Gasteiger partial charge >= 0.3 is 0 Å². The van der Waals surface area contributed by atoms with Gasteiger partial charge in [-0.25, -0.2) is 8.57 Å². The second-order valence-electron chi connectivity index (χ2n) is 1.88. The summed E-state index contributed by atoms with van der Waals surface area (Å²) < 4.78 is 15.4. The molecule has 0 aromatic rings. The number of nitrogens with zero attached hydrogens (tertiary/aromatic N) is 3. The van der Waals surface area contributed by atoms with Crippen LogP contribution in [-0.4, -0.2) is 29.6 Å². The van der Waals surface area contributed by atoms with Gasteiger partial charge in [0.05, 0.1) is 6.21 Å². The van der Waals surface area contributed by atoms with Gasteiger partial charge in [-0.15, -0.1) is 0 Å². The lowest BCUT2D eigenvalue weighted by atomic mass is 10.8. The average Bonchev–Trinajstić information content (AvgIpc) is 2.05. The van der Waals surface area contributed by atoms with Crippen LogP contribution >= 0.6 is 0 Å².